The first-order valence-electron chi connectivity index (χ1n) is 6.50. The highest BCUT2D eigenvalue weighted by Gasteiger charge is 2.08. The summed E-state index contributed by atoms with van der Waals surface area (Å²) in [6.07, 6.45) is 3.19. The van der Waals surface area contributed by atoms with Crippen LogP contribution < -0.4 is 5.32 Å². The molecule has 0 fully saturated rings. The quantitative estimate of drug-likeness (QED) is 0.785. The van der Waals surface area contributed by atoms with E-state index in [1.54, 1.807) is 0 Å². The van der Waals surface area contributed by atoms with E-state index in [1.807, 2.05) is 24.3 Å². The summed E-state index contributed by atoms with van der Waals surface area (Å²) in [6, 6.07) is 9.79. The van der Waals surface area contributed by atoms with Crippen molar-refractivity contribution in [1.29, 1.82) is 0 Å². The largest absolute Gasteiger partial charge is 0.346 e. The molecule has 0 aliphatic heterocycles. The highest BCUT2D eigenvalue weighted by molar-refractivity contribution is 6.35. The summed E-state index contributed by atoms with van der Waals surface area (Å²) in [5.74, 6) is 0. The second-order valence-electron chi connectivity index (χ2n) is 4.50. The van der Waals surface area contributed by atoms with Gasteiger partial charge in [0.15, 0.2) is 0 Å². The standard InChI is InChI=1S/C15H18Cl2N2/c1-2-8-18-10-12-5-4-9-19(12)11-13-14(16)6-3-7-15(13)17/h3-7,9,18H,2,8,10-11H2,1H3. The van der Waals surface area contributed by atoms with Crippen LogP contribution in [0.1, 0.15) is 24.6 Å². The lowest BCUT2D eigenvalue weighted by Gasteiger charge is -2.12. The van der Waals surface area contributed by atoms with Crippen molar-refractivity contribution in [1.82, 2.24) is 9.88 Å². The van der Waals surface area contributed by atoms with Gasteiger partial charge in [-0.3, -0.25) is 0 Å². The number of halogens is 2. The van der Waals surface area contributed by atoms with Crippen molar-refractivity contribution in [2.24, 2.45) is 0 Å². The molecule has 2 nitrogen and oxygen atoms in total. The molecule has 1 N–H and O–H groups in total. The average Bonchev–Trinajstić information content (AvgIpc) is 2.82. The minimum Gasteiger partial charge on any atom is -0.346 e. The molecule has 0 amide bonds. The molecule has 1 aromatic heterocycles. The zero-order valence-corrected chi connectivity index (χ0v) is 12.5. The first-order valence-corrected chi connectivity index (χ1v) is 7.25. The fraction of sp³-hybridized carbons (Fsp3) is 0.333. The van der Waals surface area contributed by atoms with E-state index < -0.39 is 0 Å². The van der Waals surface area contributed by atoms with Gasteiger partial charge in [0.2, 0.25) is 0 Å². The minimum absolute atomic E-state index is 0.703. The zero-order chi connectivity index (χ0) is 13.7. The van der Waals surface area contributed by atoms with Crippen LogP contribution in [-0.4, -0.2) is 11.1 Å². The Bertz CT molecular complexity index is 514. The molecule has 2 rings (SSSR count). The third-order valence-corrected chi connectivity index (χ3v) is 3.75. The molecule has 0 spiro atoms. The van der Waals surface area contributed by atoms with E-state index in [0.717, 1.165) is 25.1 Å². The van der Waals surface area contributed by atoms with Crippen molar-refractivity contribution in [2.75, 3.05) is 6.54 Å². The van der Waals surface area contributed by atoms with Crippen molar-refractivity contribution in [3.8, 4) is 0 Å². The van der Waals surface area contributed by atoms with Gasteiger partial charge >= 0.3 is 0 Å². The van der Waals surface area contributed by atoms with Gasteiger partial charge < -0.3 is 9.88 Å². The third-order valence-electron chi connectivity index (χ3n) is 3.05. The van der Waals surface area contributed by atoms with Crippen molar-refractivity contribution < 1.29 is 0 Å². The van der Waals surface area contributed by atoms with E-state index in [2.05, 4.69) is 29.1 Å². The van der Waals surface area contributed by atoms with E-state index >= 15 is 0 Å². The molecule has 1 aromatic carbocycles. The fourth-order valence-corrected chi connectivity index (χ4v) is 2.53. The summed E-state index contributed by atoms with van der Waals surface area (Å²) in [5.41, 5.74) is 2.21. The van der Waals surface area contributed by atoms with E-state index in [-0.39, 0.29) is 0 Å². The van der Waals surface area contributed by atoms with Crippen LogP contribution in [0.4, 0.5) is 0 Å². The Morgan fingerprint density at radius 3 is 2.53 bits per heavy atom. The van der Waals surface area contributed by atoms with Crippen LogP contribution in [-0.2, 0) is 13.1 Å². The van der Waals surface area contributed by atoms with Crippen molar-refractivity contribution in [3.63, 3.8) is 0 Å². The molecule has 0 aliphatic carbocycles. The van der Waals surface area contributed by atoms with Gasteiger partial charge in [-0.25, -0.2) is 0 Å². The first-order chi connectivity index (χ1) is 9.22. The molecule has 0 aliphatic rings. The van der Waals surface area contributed by atoms with Gasteiger partial charge in [0.25, 0.3) is 0 Å². The Morgan fingerprint density at radius 1 is 1.11 bits per heavy atom. The van der Waals surface area contributed by atoms with Gasteiger partial charge in [0, 0.05) is 34.0 Å². The normalized spacial score (nSPS) is 10.9. The van der Waals surface area contributed by atoms with Crippen LogP contribution in [0.2, 0.25) is 10.0 Å². The Morgan fingerprint density at radius 2 is 1.84 bits per heavy atom. The zero-order valence-electron chi connectivity index (χ0n) is 11.0. The number of rotatable bonds is 6. The molecule has 0 unspecified atom stereocenters. The van der Waals surface area contributed by atoms with Crippen molar-refractivity contribution >= 4 is 23.2 Å². The van der Waals surface area contributed by atoms with E-state index in [0.29, 0.717) is 16.6 Å². The lowest BCUT2D eigenvalue weighted by atomic mass is 10.2. The smallest absolute Gasteiger partial charge is 0.0503 e. The Hall–Kier alpha value is -0.960. The summed E-state index contributed by atoms with van der Waals surface area (Å²) in [4.78, 5) is 0. The Labute approximate surface area is 124 Å². The summed E-state index contributed by atoms with van der Waals surface area (Å²) in [6.45, 7) is 4.76. The van der Waals surface area contributed by atoms with Crippen molar-refractivity contribution in [3.05, 3.63) is 57.8 Å². The van der Waals surface area contributed by atoms with Crippen LogP contribution in [0.3, 0.4) is 0 Å². The molecular formula is C15H18Cl2N2. The molecule has 102 valence electrons. The van der Waals surface area contributed by atoms with Gasteiger partial charge in [-0.2, -0.15) is 0 Å². The molecule has 0 saturated carbocycles. The van der Waals surface area contributed by atoms with Gasteiger partial charge in [-0.05, 0) is 37.2 Å². The number of benzene rings is 1. The predicted octanol–water partition coefficient (Wildman–Crippen LogP) is 4.34. The Balaban J connectivity index is 2.13. The minimum atomic E-state index is 0.703. The van der Waals surface area contributed by atoms with Crippen LogP contribution >= 0.6 is 23.2 Å². The van der Waals surface area contributed by atoms with Crippen LogP contribution in [0.25, 0.3) is 0 Å². The predicted molar refractivity (Wildman–Crippen MR) is 82.0 cm³/mol. The van der Waals surface area contributed by atoms with Gasteiger partial charge in [0.1, 0.15) is 0 Å². The number of nitrogens with one attached hydrogen (secondary N) is 1. The summed E-state index contributed by atoms with van der Waals surface area (Å²) in [7, 11) is 0. The van der Waals surface area contributed by atoms with Crippen LogP contribution in [0.15, 0.2) is 36.5 Å². The molecule has 0 radical (unpaired) electrons. The van der Waals surface area contributed by atoms with Crippen LogP contribution in [0, 0.1) is 0 Å². The summed E-state index contributed by atoms with van der Waals surface area (Å²) >= 11 is 12.4. The maximum absolute atomic E-state index is 6.21. The number of nitrogens with zero attached hydrogens (tertiary/aromatic N) is 1. The maximum atomic E-state index is 6.21. The van der Waals surface area contributed by atoms with E-state index in [9.17, 15) is 0 Å². The van der Waals surface area contributed by atoms with Gasteiger partial charge in [0.05, 0.1) is 6.54 Å². The van der Waals surface area contributed by atoms with Crippen molar-refractivity contribution in [2.45, 2.75) is 26.4 Å². The van der Waals surface area contributed by atoms with E-state index in [4.69, 9.17) is 23.2 Å². The lowest BCUT2D eigenvalue weighted by Crippen LogP contribution is -2.17. The highest BCUT2D eigenvalue weighted by Crippen LogP contribution is 2.25. The number of hydrogen-bond acceptors (Lipinski definition) is 1. The third kappa shape index (κ3) is 3.75. The van der Waals surface area contributed by atoms with Gasteiger partial charge in [-0.1, -0.05) is 36.2 Å². The van der Waals surface area contributed by atoms with Gasteiger partial charge in [-0.15, -0.1) is 0 Å². The topological polar surface area (TPSA) is 17.0 Å². The van der Waals surface area contributed by atoms with Crippen LogP contribution in [0.5, 0.6) is 0 Å². The summed E-state index contributed by atoms with van der Waals surface area (Å²) in [5, 5.41) is 4.84. The average molecular weight is 297 g/mol. The summed E-state index contributed by atoms with van der Waals surface area (Å²) < 4.78 is 2.18. The monoisotopic (exact) mass is 296 g/mol. The lowest BCUT2D eigenvalue weighted by molar-refractivity contribution is 0.630. The second-order valence-corrected chi connectivity index (χ2v) is 5.32. The number of aromatic nitrogens is 1. The molecule has 0 bridgehead atoms. The SMILES string of the molecule is CCCNCc1cccn1Cc1c(Cl)cccc1Cl. The second kappa shape index (κ2) is 6.99. The fourth-order valence-electron chi connectivity index (χ4n) is 2.01. The highest BCUT2D eigenvalue weighted by atomic mass is 35.5. The maximum Gasteiger partial charge on any atom is 0.0503 e. The molecule has 0 atom stereocenters. The molecule has 2 aromatic rings. The Kier molecular flexibility index (Phi) is 5.32. The molecular weight excluding hydrogens is 279 g/mol. The molecule has 0 saturated heterocycles. The molecule has 1 heterocycles. The number of hydrogen-bond donors (Lipinski definition) is 1. The molecule has 4 heteroatoms. The van der Waals surface area contributed by atoms with E-state index in [1.165, 1.54) is 5.69 Å². The molecule has 19 heavy (non-hydrogen) atoms. The first kappa shape index (κ1) is 14.4.